The van der Waals surface area contributed by atoms with Crippen molar-refractivity contribution < 1.29 is 27.1 Å². The van der Waals surface area contributed by atoms with Gasteiger partial charge in [-0.2, -0.15) is 9.97 Å². The Labute approximate surface area is 303 Å². The molecule has 1 amide bonds. The van der Waals surface area contributed by atoms with E-state index in [0.29, 0.717) is 60.7 Å². The molecule has 0 radical (unpaired) electrons. The highest BCUT2D eigenvalue weighted by molar-refractivity contribution is 5.99. The van der Waals surface area contributed by atoms with Gasteiger partial charge >= 0.3 is 6.01 Å². The van der Waals surface area contributed by atoms with Crippen molar-refractivity contribution in [2.45, 2.75) is 44.8 Å². The molecule has 0 bridgehead atoms. The van der Waals surface area contributed by atoms with Gasteiger partial charge in [-0.15, -0.1) is 0 Å². The van der Waals surface area contributed by atoms with Crippen molar-refractivity contribution in [2.75, 3.05) is 51.3 Å². The van der Waals surface area contributed by atoms with Crippen LogP contribution in [0, 0.1) is 37.2 Å². The minimum atomic E-state index is -1.10. The van der Waals surface area contributed by atoms with E-state index in [2.05, 4.69) is 24.8 Å². The first kappa shape index (κ1) is 34.8. The third-order valence-corrected chi connectivity index (χ3v) is 10.6. The number of ether oxygens (including phenoxy) is 1. The van der Waals surface area contributed by atoms with Crippen LogP contribution in [0.25, 0.3) is 39.0 Å². The molecular weight excluding hydrogens is 688 g/mol. The van der Waals surface area contributed by atoms with Crippen LogP contribution >= 0.6 is 0 Å². The largest absolute Gasteiger partial charge is 0.461 e. The second kappa shape index (κ2) is 13.6. The Balaban J connectivity index is 1.08. The zero-order valence-corrected chi connectivity index (χ0v) is 29.6. The van der Waals surface area contributed by atoms with Crippen molar-refractivity contribution in [1.82, 2.24) is 34.7 Å². The first-order valence-corrected chi connectivity index (χ1v) is 17.7. The van der Waals surface area contributed by atoms with Gasteiger partial charge < -0.3 is 14.5 Å². The summed E-state index contributed by atoms with van der Waals surface area (Å²) in [4.78, 5) is 40.8. The van der Waals surface area contributed by atoms with E-state index in [1.807, 2.05) is 24.9 Å². The number of hydrogen-bond donors (Lipinski definition) is 0. The van der Waals surface area contributed by atoms with Crippen LogP contribution in [0.2, 0.25) is 0 Å². The minimum absolute atomic E-state index is 0.0774. The first-order chi connectivity index (χ1) is 25.5. The molecular formula is C39H38F4N8O2. The molecule has 3 aliphatic rings. The molecule has 3 fully saturated rings. The van der Waals surface area contributed by atoms with E-state index in [1.165, 1.54) is 24.4 Å². The van der Waals surface area contributed by atoms with Crippen LogP contribution in [0.15, 0.2) is 48.7 Å². The van der Waals surface area contributed by atoms with E-state index >= 15 is 8.78 Å². The zero-order chi connectivity index (χ0) is 37.0. The van der Waals surface area contributed by atoms with E-state index in [9.17, 15) is 13.6 Å². The number of halogens is 4. The second-order valence-electron chi connectivity index (χ2n) is 14.4. The van der Waals surface area contributed by atoms with E-state index in [-0.39, 0.29) is 46.6 Å². The standard InChI is InChI=1S/C39H38F4N8O2/c1-22-14-27(46-23(2)45-22)9-11-31(52)50-18-24(19-50)17-49(3)37-29-16-44-35(28-7-4-6-25-8-10-30(41)33(42)32(25)28)34(43)36(29)47-38(48-37)53-21-39-12-5-13-51(39)20-26(40)15-39/h4,6-11,14,16,24,26H,5,12-13,15,17-21H2,1-3H3/t26-,39+/m1/s1. The summed E-state index contributed by atoms with van der Waals surface area (Å²) < 4.78 is 67.0. The van der Waals surface area contributed by atoms with Crippen LogP contribution in [-0.4, -0.2) is 98.7 Å². The van der Waals surface area contributed by atoms with E-state index < -0.39 is 29.2 Å². The number of nitrogens with zero attached hydrogens (tertiary/aromatic N) is 8. The SMILES string of the molecule is Cc1cc(C=CC(=O)N2CC(CN(C)c3nc(OC[C@@]45CCCN4C[C@H](F)C5)nc4c(F)c(-c5cccc6ccc(F)c(F)c56)ncc34)C2)nc(C)n1. The normalized spacial score (nSPS) is 20.4. The summed E-state index contributed by atoms with van der Waals surface area (Å²) in [6.45, 7) is 6.41. The number of pyridine rings is 1. The maximum absolute atomic E-state index is 16.7. The lowest BCUT2D eigenvalue weighted by Gasteiger charge is -2.40. The summed E-state index contributed by atoms with van der Waals surface area (Å²) in [5.74, 6) is -2.05. The Morgan fingerprint density at radius 1 is 1.06 bits per heavy atom. The number of likely N-dealkylation sites (tertiary alicyclic amines) is 1. The minimum Gasteiger partial charge on any atom is -0.461 e. The Kier molecular flexibility index (Phi) is 8.96. The van der Waals surface area contributed by atoms with Gasteiger partial charge in [-0.1, -0.05) is 24.3 Å². The second-order valence-corrected chi connectivity index (χ2v) is 14.4. The molecule has 5 aromatic rings. The summed E-state index contributed by atoms with van der Waals surface area (Å²) >= 11 is 0. The van der Waals surface area contributed by atoms with Gasteiger partial charge in [-0.05, 0) is 56.8 Å². The number of rotatable bonds is 9. The molecule has 0 spiro atoms. The molecule has 0 aliphatic carbocycles. The van der Waals surface area contributed by atoms with Gasteiger partial charge in [-0.3, -0.25) is 14.7 Å². The van der Waals surface area contributed by atoms with Gasteiger partial charge in [0.05, 0.1) is 16.6 Å². The highest BCUT2D eigenvalue weighted by Gasteiger charge is 2.49. The first-order valence-electron chi connectivity index (χ1n) is 17.7. The lowest BCUT2D eigenvalue weighted by molar-refractivity contribution is -0.131. The van der Waals surface area contributed by atoms with Crippen LogP contribution in [0.4, 0.5) is 23.4 Å². The Morgan fingerprint density at radius 3 is 2.70 bits per heavy atom. The lowest BCUT2D eigenvalue weighted by atomic mass is 9.95. The lowest BCUT2D eigenvalue weighted by Crippen LogP contribution is -2.53. The van der Waals surface area contributed by atoms with Crippen molar-refractivity contribution >= 4 is 39.5 Å². The number of anilines is 1. The van der Waals surface area contributed by atoms with Gasteiger partial charge in [0, 0.05) is 74.5 Å². The highest BCUT2D eigenvalue weighted by atomic mass is 19.2. The fraction of sp³-hybridized carbons (Fsp3) is 0.385. The number of carbonyl (C=O) groups is 1. The zero-order valence-electron chi connectivity index (χ0n) is 29.6. The molecule has 0 unspecified atom stereocenters. The van der Waals surface area contributed by atoms with Gasteiger partial charge in [0.15, 0.2) is 17.5 Å². The molecule has 3 saturated heterocycles. The van der Waals surface area contributed by atoms with Gasteiger partial charge in [-0.25, -0.2) is 27.5 Å². The average molecular weight is 727 g/mol. The van der Waals surface area contributed by atoms with Crippen molar-refractivity contribution in [3.05, 3.63) is 83.3 Å². The molecule has 274 valence electrons. The van der Waals surface area contributed by atoms with E-state index in [1.54, 1.807) is 30.0 Å². The number of fused-ring (bicyclic) bond motifs is 3. The molecule has 53 heavy (non-hydrogen) atoms. The summed E-state index contributed by atoms with van der Waals surface area (Å²) in [6, 6.07) is 8.91. The van der Waals surface area contributed by atoms with Gasteiger partial charge in [0.25, 0.3) is 0 Å². The molecule has 10 nitrogen and oxygen atoms in total. The van der Waals surface area contributed by atoms with Crippen LogP contribution in [0.3, 0.4) is 0 Å². The van der Waals surface area contributed by atoms with Crippen LogP contribution in [0.1, 0.15) is 36.5 Å². The number of carbonyl (C=O) groups excluding carboxylic acids is 1. The number of hydrogen-bond acceptors (Lipinski definition) is 9. The molecule has 3 aromatic heterocycles. The number of benzene rings is 2. The monoisotopic (exact) mass is 726 g/mol. The van der Waals surface area contributed by atoms with Crippen LogP contribution < -0.4 is 9.64 Å². The summed E-state index contributed by atoms with van der Waals surface area (Å²) in [6.07, 6.45) is 5.68. The third kappa shape index (κ3) is 6.53. The van der Waals surface area contributed by atoms with Gasteiger partial charge in [0.2, 0.25) is 5.91 Å². The van der Waals surface area contributed by atoms with Crippen molar-refractivity contribution in [1.29, 1.82) is 0 Å². The van der Waals surface area contributed by atoms with Gasteiger partial charge in [0.1, 0.15) is 35.6 Å². The maximum Gasteiger partial charge on any atom is 0.319 e. The van der Waals surface area contributed by atoms with Crippen molar-refractivity contribution in [3.63, 3.8) is 0 Å². The topological polar surface area (TPSA) is 100 Å². The molecule has 14 heteroatoms. The smallest absolute Gasteiger partial charge is 0.319 e. The quantitative estimate of drug-likeness (QED) is 0.129. The molecule has 0 saturated carbocycles. The molecule has 2 atom stereocenters. The maximum atomic E-state index is 16.7. The fourth-order valence-electron chi connectivity index (χ4n) is 8.15. The van der Waals surface area contributed by atoms with E-state index in [0.717, 1.165) is 31.1 Å². The fourth-order valence-corrected chi connectivity index (χ4v) is 8.15. The van der Waals surface area contributed by atoms with Crippen LogP contribution in [0.5, 0.6) is 6.01 Å². The highest BCUT2D eigenvalue weighted by Crippen LogP contribution is 2.41. The predicted molar refractivity (Wildman–Crippen MR) is 193 cm³/mol. The van der Waals surface area contributed by atoms with Crippen molar-refractivity contribution in [3.8, 4) is 17.3 Å². The Morgan fingerprint density at radius 2 is 1.89 bits per heavy atom. The number of aromatic nitrogens is 5. The Bertz CT molecular complexity index is 2260. The molecule has 0 N–H and O–H groups in total. The summed E-state index contributed by atoms with van der Waals surface area (Å²) in [7, 11) is 1.81. The molecule has 6 heterocycles. The van der Waals surface area contributed by atoms with E-state index in [4.69, 9.17) is 9.72 Å². The Hall–Kier alpha value is -5.24. The summed E-state index contributed by atoms with van der Waals surface area (Å²) in [5, 5.41) is 0.592. The third-order valence-electron chi connectivity index (χ3n) is 10.6. The number of alkyl halides is 1. The molecule has 8 rings (SSSR count). The number of amides is 1. The molecule has 3 aliphatic heterocycles. The summed E-state index contributed by atoms with van der Waals surface area (Å²) in [5.41, 5.74) is 0.770. The average Bonchev–Trinajstić information content (AvgIpc) is 3.64. The molecule has 2 aromatic carbocycles. The number of aryl methyl sites for hydroxylation is 2. The van der Waals surface area contributed by atoms with Crippen LogP contribution in [-0.2, 0) is 4.79 Å². The predicted octanol–water partition coefficient (Wildman–Crippen LogP) is 6.23. The van der Waals surface area contributed by atoms with Crippen molar-refractivity contribution in [2.24, 2.45) is 5.92 Å².